The number of nitrogens with one attached hydrogen (secondary N) is 1. The van der Waals surface area contributed by atoms with Gasteiger partial charge in [-0.25, -0.2) is 4.39 Å². The van der Waals surface area contributed by atoms with E-state index in [1.165, 1.54) is 17.8 Å². The van der Waals surface area contributed by atoms with Crippen molar-refractivity contribution in [3.63, 3.8) is 0 Å². The second kappa shape index (κ2) is 9.33. The molecule has 1 N–H and O–H groups in total. The molecule has 24 heavy (non-hydrogen) atoms. The van der Waals surface area contributed by atoms with Crippen LogP contribution in [0.4, 0.5) is 4.39 Å². The predicted octanol–water partition coefficient (Wildman–Crippen LogP) is 4.34. The Kier molecular flexibility index (Phi) is 7.12. The molecule has 0 aliphatic rings. The smallest absolute Gasteiger partial charge is 0.230 e. The molecule has 0 aliphatic heterocycles. The van der Waals surface area contributed by atoms with Gasteiger partial charge in [-0.2, -0.15) is 0 Å². The van der Waals surface area contributed by atoms with Gasteiger partial charge in [0.1, 0.15) is 11.6 Å². The van der Waals surface area contributed by atoms with E-state index in [4.69, 9.17) is 4.74 Å². The highest BCUT2D eigenvalue weighted by molar-refractivity contribution is 7.99. The maximum Gasteiger partial charge on any atom is 0.230 e. The van der Waals surface area contributed by atoms with Gasteiger partial charge in [0.05, 0.1) is 18.9 Å². The Bertz CT molecular complexity index is 661. The number of hydrogen-bond donors (Lipinski definition) is 1. The molecule has 3 nitrogen and oxygen atoms in total. The molecule has 2 aromatic rings. The molecule has 0 spiro atoms. The van der Waals surface area contributed by atoms with Crippen molar-refractivity contribution < 1.29 is 13.9 Å². The van der Waals surface area contributed by atoms with E-state index in [1.54, 1.807) is 25.3 Å². The lowest BCUT2D eigenvalue weighted by Gasteiger charge is -2.17. The summed E-state index contributed by atoms with van der Waals surface area (Å²) < 4.78 is 18.7. The maximum absolute atomic E-state index is 13.5. The van der Waals surface area contributed by atoms with Crippen LogP contribution in [0.15, 0.2) is 48.5 Å². The van der Waals surface area contributed by atoms with Gasteiger partial charge in [0, 0.05) is 5.75 Å². The van der Waals surface area contributed by atoms with Gasteiger partial charge in [-0.1, -0.05) is 37.3 Å². The minimum atomic E-state index is -0.227. The molecule has 128 valence electrons. The molecule has 0 aliphatic carbocycles. The molecule has 2 rings (SSSR count). The zero-order chi connectivity index (χ0) is 17.4. The lowest BCUT2D eigenvalue weighted by Crippen LogP contribution is -2.29. The largest absolute Gasteiger partial charge is 0.497 e. The molecule has 0 heterocycles. The molecule has 0 unspecified atom stereocenters. The minimum Gasteiger partial charge on any atom is -0.497 e. The first-order valence-corrected chi connectivity index (χ1v) is 9.04. The van der Waals surface area contributed by atoms with Crippen LogP contribution in [-0.2, 0) is 10.5 Å². The van der Waals surface area contributed by atoms with Crippen LogP contribution in [0.3, 0.4) is 0 Å². The highest BCUT2D eigenvalue weighted by Crippen LogP contribution is 2.21. The Morgan fingerprint density at radius 2 is 1.92 bits per heavy atom. The fourth-order valence-corrected chi connectivity index (χ4v) is 3.19. The van der Waals surface area contributed by atoms with E-state index in [0.717, 1.165) is 17.7 Å². The molecule has 0 fully saturated rings. The zero-order valence-corrected chi connectivity index (χ0v) is 14.7. The highest BCUT2D eigenvalue weighted by Gasteiger charge is 2.13. The van der Waals surface area contributed by atoms with E-state index < -0.39 is 0 Å². The van der Waals surface area contributed by atoms with Gasteiger partial charge in [0.15, 0.2) is 0 Å². The van der Waals surface area contributed by atoms with Crippen molar-refractivity contribution in [2.45, 2.75) is 25.1 Å². The van der Waals surface area contributed by atoms with Gasteiger partial charge in [-0.3, -0.25) is 4.79 Å². The molecule has 0 saturated heterocycles. The molecule has 1 amide bonds. The molecular weight excluding hydrogens is 325 g/mol. The molecule has 1 atom stereocenters. The molecule has 0 radical (unpaired) electrons. The van der Waals surface area contributed by atoms with Crippen LogP contribution in [0.2, 0.25) is 0 Å². The van der Waals surface area contributed by atoms with Crippen LogP contribution in [0, 0.1) is 5.82 Å². The van der Waals surface area contributed by atoms with Crippen LogP contribution < -0.4 is 10.1 Å². The number of hydrogen-bond acceptors (Lipinski definition) is 3. The second-order valence-electron chi connectivity index (χ2n) is 5.39. The van der Waals surface area contributed by atoms with Crippen molar-refractivity contribution in [3.05, 3.63) is 65.5 Å². The van der Waals surface area contributed by atoms with Crippen LogP contribution in [0.5, 0.6) is 5.75 Å². The Hall–Kier alpha value is -2.01. The van der Waals surface area contributed by atoms with Crippen LogP contribution in [0.1, 0.15) is 30.5 Å². The lowest BCUT2D eigenvalue weighted by molar-refractivity contribution is -0.119. The topological polar surface area (TPSA) is 38.3 Å². The van der Waals surface area contributed by atoms with Crippen LogP contribution >= 0.6 is 11.8 Å². The van der Waals surface area contributed by atoms with E-state index in [9.17, 15) is 9.18 Å². The van der Waals surface area contributed by atoms with Crippen molar-refractivity contribution in [2.75, 3.05) is 12.9 Å². The van der Waals surface area contributed by atoms with Gasteiger partial charge in [0.2, 0.25) is 5.91 Å². The summed E-state index contributed by atoms with van der Waals surface area (Å²) in [6, 6.07) is 14.3. The summed E-state index contributed by atoms with van der Waals surface area (Å²) in [5.41, 5.74) is 1.67. The molecule has 0 saturated carbocycles. The average Bonchev–Trinajstić information content (AvgIpc) is 2.61. The second-order valence-corrected chi connectivity index (χ2v) is 6.37. The molecule has 2 aromatic carbocycles. The minimum absolute atomic E-state index is 0.0301. The summed E-state index contributed by atoms with van der Waals surface area (Å²) in [5, 5.41) is 3.03. The van der Waals surface area contributed by atoms with Crippen LogP contribution in [0.25, 0.3) is 0 Å². The first-order chi connectivity index (χ1) is 11.6. The Morgan fingerprint density at radius 3 is 2.54 bits per heavy atom. The van der Waals surface area contributed by atoms with Crippen molar-refractivity contribution in [1.82, 2.24) is 5.32 Å². The third kappa shape index (κ3) is 5.27. The van der Waals surface area contributed by atoms with E-state index >= 15 is 0 Å². The number of rotatable bonds is 8. The van der Waals surface area contributed by atoms with Gasteiger partial charge in [0.25, 0.3) is 0 Å². The third-order valence-corrected chi connectivity index (χ3v) is 4.69. The molecular formula is C19H22FNO2S. The predicted molar refractivity (Wildman–Crippen MR) is 96.7 cm³/mol. The molecule has 0 aromatic heterocycles. The number of carbonyl (C=O) groups excluding carboxylic acids is 1. The number of benzene rings is 2. The molecule has 5 heteroatoms. The summed E-state index contributed by atoms with van der Waals surface area (Å²) >= 11 is 1.41. The normalized spacial score (nSPS) is 11.8. The number of thioether (sulfide) groups is 1. The first-order valence-electron chi connectivity index (χ1n) is 7.88. The monoisotopic (exact) mass is 347 g/mol. The highest BCUT2D eigenvalue weighted by atomic mass is 32.2. The fraction of sp³-hybridized carbons (Fsp3) is 0.316. The number of amides is 1. The fourth-order valence-electron chi connectivity index (χ4n) is 2.36. The Labute approximate surface area is 146 Å². The summed E-state index contributed by atoms with van der Waals surface area (Å²) in [7, 11) is 1.63. The van der Waals surface area contributed by atoms with Crippen molar-refractivity contribution in [2.24, 2.45) is 0 Å². The quantitative estimate of drug-likeness (QED) is 0.772. The van der Waals surface area contributed by atoms with Gasteiger partial charge in [-0.15, -0.1) is 11.8 Å². The standard InChI is InChI=1S/C19H22FNO2S/c1-3-18(14-8-10-16(23-2)11-9-14)21-19(22)13-24-12-15-6-4-5-7-17(15)20/h4-11,18H,3,12-13H2,1-2H3,(H,21,22)/t18-/m0/s1. The summed E-state index contributed by atoms with van der Waals surface area (Å²) in [4.78, 5) is 12.1. The summed E-state index contributed by atoms with van der Waals surface area (Å²) in [6.07, 6.45) is 0.802. The number of halogens is 1. The van der Waals surface area contributed by atoms with E-state index in [1.807, 2.05) is 31.2 Å². The van der Waals surface area contributed by atoms with Gasteiger partial charge in [-0.05, 0) is 35.7 Å². The average molecular weight is 347 g/mol. The van der Waals surface area contributed by atoms with E-state index in [0.29, 0.717) is 17.1 Å². The van der Waals surface area contributed by atoms with Gasteiger partial charge < -0.3 is 10.1 Å². The SMILES string of the molecule is CC[C@H](NC(=O)CSCc1ccccc1F)c1ccc(OC)cc1. The molecule has 0 bridgehead atoms. The number of carbonyl (C=O) groups is 1. The third-order valence-electron chi connectivity index (χ3n) is 3.71. The lowest BCUT2D eigenvalue weighted by atomic mass is 10.0. The van der Waals surface area contributed by atoms with E-state index in [-0.39, 0.29) is 17.8 Å². The number of ether oxygens (including phenoxy) is 1. The van der Waals surface area contributed by atoms with Crippen molar-refractivity contribution in [1.29, 1.82) is 0 Å². The Balaban J connectivity index is 1.84. The summed E-state index contributed by atoms with van der Waals surface area (Å²) in [6.45, 7) is 2.03. The van der Waals surface area contributed by atoms with Crippen LogP contribution in [-0.4, -0.2) is 18.8 Å². The van der Waals surface area contributed by atoms with E-state index in [2.05, 4.69) is 5.32 Å². The zero-order valence-electron chi connectivity index (χ0n) is 13.9. The maximum atomic E-state index is 13.5. The Morgan fingerprint density at radius 1 is 1.21 bits per heavy atom. The first kappa shape index (κ1) is 18.3. The van der Waals surface area contributed by atoms with Crippen molar-refractivity contribution in [3.8, 4) is 5.75 Å². The van der Waals surface area contributed by atoms with Gasteiger partial charge >= 0.3 is 0 Å². The number of methoxy groups -OCH3 is 1. The summed E-state index contributed by atoms with van der Waals surface area (Å²) in [5.74, 6) is 1.31. The van der Waals surface area contributed by atoms with Crippen molar-refractivity contribution >= 4 is 17.7 Å².